The maximum Gasteiger partial charge on any atom is 0.137 e. The number of hydrogen-bond acceptors (Lipinski definition) is 4. The van der Waals surface area contributed by atoms with Crippen molar-refractivity contribution >= 4 is 15.9 Å². The zero-order chi connectivity index (χ0) is 15.5. The van der Waals surface area contributed by atoms with E-state index in [4.69, 9.17) is 10.6 Å². The van der Waals surface area contributed by atoms with Crippen molar-refractivity contribution in [3.63, 3.8) is 0 Å². The van der Waals surface area contributed by atoms with Crippen LogP contribution in [0.5, 0.6) is 0 Å². The van der Waals surface area contributed by atoms with Crippen LogP contribution in [0, 0.1) is 5.82 Å². The quantitative estimate of drug-likeness (QED) is 0.624. The maximum atomic E-state index is 13.7. The summed E-state index contributed by atoms with van der Waals surface area (Å²) in [6, 6.07) is 5.11. The number of ether oxygens (including phenoxy) is 1. The molecule has 118 valence electrons. The largest absolute Gasteiger partial charge is 0.379 e. The standard InChI is InChI=1S/C15H23BrFN3O/c1-15(2,20-6-8-21-9-7-20)13(19-18)10-11-4-3-5-12(17)14(11)16/h3-5,13,19H,6-10,18H2,1-2H3. The molecule has 1 fully saturated rings. The Morgan fingerprint density at radius 2 is 2.10 bits per heavy atom. The SMILES string of the molecule is CC(C)(C(Cc1cccc(F)c1Br)NN)N1CCOCC1. The molecular formula is C15H23BrFN3O. The van der Waals surface area contributed by atoms with Crippen LogP contribution in [-0.4, -0.2) is 42.8 Å². The Labute approximate surface area is 133 Å². The van der Waals surface area contributed by atoms with E-state index < -0.39 is 0 Å². The molecular weight excluding hydrogens is 337 g/mol. The molecule has 6 heteroatoms. The van der Waals surface area contributed by atoms with Crippen LogP contribution < -0.4 is 11.3 Å². The van der Waals surface area contributed by atoms with Gasteiger partial charge in [0.2, 0.25) is 0 Å². The van der Waals surface area contributed by atoms with Crippen LogP contribution in [-0.2, 0) is 11.2 Å². The maximum absolute atomic E-state index is 13.7. The molecule has 1 atom stereocenters. The third kappa shape index (κ3) is 3.81. The summed E-state index contributed by atoms with van der Waals surface area (Å²) in [5.74, 6) is 5.54. The van der Waals surface area contributed by atoms with Gasteiger partial charge in [-0.15, -0.1) is 0 Å². The minimum atomic E-state index is -0.243. The van der Waals surface area contributed by atoms with Crippen LogP contribution in [0.2, 0.25) is 0 Å². The van der Waals surface area contributed by atoms with Crippen LogP contribution in [0.4, 0.5) is 4.39 Å². The lowest BCUT2D eigenvalue weighted by molar-refractivity contribution is -0.0233. The van der Waals surface area contributed by atoms with Gasteiger partial charge in [0, 0.05) is 24.7 Å². The van der Waals surface area contributed by atoms with Crippen molar-refractivity contribution in [1.82, 2.24) is 10.3 Å². The van der Waals surface area contributed by atoms with E-state index in [1.165, 1.54) is 6.07 Å². The number of nitrogens with one attached hydrogen (secondary N) is 1. The molecule has 3 N–H and O–H groups in total. The van der Waals surface area contributed by atoms with E-state index >= 15 is 0 Å². The normalized spacial score (nSPS) is 18.7. The Morgan fingerprint density at radius 1 is 1.43 bits per heavy atom. The van der Waals surface area contributed by atoms with Gasteiger partial charge >= 0.3 is 0 Å². The average Bonchev–Trinajstić information content (AvgIpc) is 2.49. The number of nitrogens with two attached hydrogens (primary N) is 1. The Hall–Kier alpha value is -0.530. The molecule has 4 nitrogen and oxygen atoms in total. The lowest BCUT2D eigenvalue weighted by atomic mass is 9.87. The molecule has 0 radical (unpaired) electrons. The molecule has 1 aliphatic heterocycles. The number of benzene rings is 1. The minimum absolute atomic E-state index is 0.00806. The van der Waals surface area contributed by atoms with Gasteiger partial charge in [0.25, 0.3) is 0 Å². The molecule has 0 saturated carbocycles. The average molecular weight is 360 g/mol. The lowest BCUT2D eigenvalue weighted by Gasteiger charge is -2.45. The first-order valence-corrected chi connectivity index (χ1v) is 7.98. The number of halogens is 2. The number of morpholine rings is 1. The Morgan fingerprint density at radius 3 is 2.71 bits per heavy atom. The third-order valence-corrected chi connectivity index (χ3v) is 5.22. The number of hydrogen-bond donors (Lipinski definition) is 2. The topological polar surface area (TPSA) is 50.5 Å². The number of rotatable bonds is 5. The highest BCUT2D eigenvalue weighted by atomic mass is 79.9. The van der Waals surface area contributed by atoms with Crippen molar-refractivity contribution < 1.29 is 9.13 Å². The molecule has 0 bridgehead atoms. The van der Waals surface area contributed by atoms with Gasteiger partial charge in [0.1, 0.15) is 5.82 Å². The van der Waals surface area contributed by atoms with Gasteiger partial charge in [-0.1, -0.05) is 12.1 Å². The van der Waals surface area contributed by atoms with Crippen molar-refractivity contribution in [3.8, 4) is 0 Å². The molecule has 1 saturated heterocycles. The van der Waals surface area contributed by atoms with E-state index in [-0.39, 0.29) is 17.4 Å². The first-order valence-electron chi connectivity index (χ1n) is 7.18. The van der Waals surface area contributed by atoms with E-state index in [1.807, 2.05) is 6.07 Å². The summed E-state index contributed by atoms with van der Waals surface area (Å²) >= 11 is 3.32. The van der Waals surface area contributed by atoms with Gasteiger partial charge in [-0.25, -0.2) is 4.39 Å². The lowest BCUT2D eigenvalue weighted by Crippen LogP contribution is -2.62. The fraction of sp³-hybridized carbons (Fsp3) is 0.600. The van der Waals surface area contributed by atoms with Gasteiger partial charge in [0.05, 0.1) is 17.7 Å². The molecule has 0 spiro atoms. The minimum Gasteiger partial charge on any atom is -0.379 e. The Bertz CT molecular complexity index is 478. The molecule has 1 aliphatic rings. The molecule has 0 aliphatic carbocycles. The molecule has 21 heavy (non-hydrogen) atoms. The van der Waals surface area contributed by atoms with Gasteiger partial charge < -0.3 is 4.74 Å². The zero-order valence-corrected chi connectivity index (χ0v) is 14.1. The Kier molecular flexibility index (Phi) is 5.73. The monoisotopic (exact) mass is 359 g/mol. The third-order valence-electron chi connectivity index (χ3n) is 4.34. The van der Waals surface area contributed by atoms with E-state index in [1.54, 1.807) is 6.07 Å². The van der Waals surface area contributed by atoms with Crippen molar-refractivity contribution in [3.05, 3.63) is 34.1 Å². The van der Waals surface area contributed by atoms with Crippen molar-refractivity contribution in [2.24, 2.45) is 5.84 Å². The summed E-state index contributed by atoms with van der Waals surface area (Å²) in [6.45, 7) is 7.58. The zero-order valence-electron chi connectivity index (χ0n) is 12.5. The summed E-state index contributed by atoms with van der Waals surface area (Å²) in [6.07, 6.45) is 0.652. The Balaban J connectivity index is 2.16. The van der Waals surface area contributed by atoms with E-state index in [2.05, 4.69) is 40.1 Å². The van der Waals surface area contributed by atoms with Gasteiger partial charge in [-0.05, 0) is 47.8 Å². The highest BCUT2D eigenvalue weighted by molar-refractivity contribution is 9.10. The fourth-order valence-corrected chi connectivity index (χ4v) is 3.22. The summed E-state index contributed by atoms with van der Waals surface area (Å²) in [5.41, 5.74) is 3.68. The first-order chi connectivity index (χ1) is 9.96. The highest BCUT2D eigenvalue weighted by Gasteiger charge is 2.36. The highest BCUT2D eigenvalue weighted by Crippen LogP contribution is 2.27. The van der Waals surface area contributed by atoms with Gasteiger partial charge in [-0.2, -0.15) is 0 Å². The van der Waals surface area contributed by atoms with Crippen LogP contribution in [0.3, 0.4) is 0 Å². The smallest absolute Gasteiger partial charge is 0.137 e. The molecule has 2 rings (SSSR count). The number of hydrazine groups is 1. The second kappa shape index (κ2) is 7.15. The van der Waals surface area contributed by atoms with Gasteiger partial charge in [0.15, 0.2) is 0 Å². The second-order valence-electron chi connectivity index (χ2n) is 5.89. The molecule has 1 heterocycles. The van der Waals surface area contributed by atoms with E-state index in [9.17, 15) is 4.39 Å². The predicted molar refractivity (Wildman–Crippen MR) is 85.4 cm³/mol. The summed E-state index contributed by atoms with van der Waals surface area (Å²) in [4.78, 5) is 2.37. The predicted octanol–water partition coefficient (Wildman–Crippen LogP) is 2.07. The van der Waals surface area contributed by atoms with Crippen molar-refractivity contribution in [1.29, 1.82) is 0 Å². The van der Waals surface area contributed by atoms with Crippen molar-refractivity contribution in [2.75, 3.05) is 26.3 Å². The summed E-state index contributed by atoms with van der Waals surface area (Å²) in [7, 11) is 0. The molecule has 0 amide bonds. The summed E-state index contributed by atoms with van der Waals surface area (Å²) < 4.78 is 19.6. The second-order valence-corrected chi connectivity index (χ2v) is 6.68. The van der Waals surface area contributed by atoms with Crippen LogP contribution >= 0.6 is 15.9 Å². The first kappa shape index (κ1) is 16.8. The molecule has 1 aromatic rings. The van der Waals surface area contributed by atoms with Crippen molar-refractivity contribution in [2.45, 2.75) is 31.8 Å². The van der Waals surface area contributed by atoms with E-state index in [0.717, 1.165) is 31.9 Å². The van der Waals surface area contributed by atoms with Crippen LogP contribution in [0.25, 0.3) is 0 Å². The number of nitrogens with zero attached hydrogens (tertiary/aromatic N) is 1. The summed E-state index contributed by atoms with van der Waals surface area (Å²) in [5, 5.41) is 0. The van der Waals surface area contributed by atoms with Gasteiger partial charge in [-0.3, -0.25) is 16.2 Å². The molecule has 0 aromatic heterocycles. The molecule has 1 aromatic carbocycles. The van der Waals surface area contributed by atoms with Crippen LogP contribution in [0.15, 0.2) is 22.7 Å². The van der Waals surface area contributed by atoms with Crippen LogP contribution in [0.1, 0.15) is 19.4 Å². The van der Waals surface area contributed by atoms with E-state index in [0.29, 0.717) is 10.9 Å². The molecule has 1 unspecified atom stereocenters. The fourth-order valence-electron chi connectivity index (χ4n) is 2.80.